The van der Waals surface area contributed by atoms with E-state index in [2.05, 4.69) is 22.4 Å². The van der Waals surface area contributed by atoms with Crippen molar-refractivity contribution in [3.05, 3.63) is 42.1 Å². The molecule has 1 aliphatic heterocycles. The molecule has 1 aromatic carbocycles. The summed E-state index contributed by atoms with van der Waals surface area (Å²) in [6, 6.07) is 12.2. The average molecular weight is 356 g/mol. The molecule has 2 heterocycles. The summed E-state index contributed by atoms with van der Waals surface area (Å²) in [6.07, 6.45) is 4.80. The van der Waals surface area contributed by atoms with Crippen LogP contribution in [-0.4, -0.2) is 54.2 Å². The number of carbonyl (C=O) groups excluding carboxylic acids is 1. The number of aromatic nitrogens is 1. The second-order valence-corrected chi connectivity index (χ2v) is 7.06. The number of carbonyl (C=O) groups is 1. The maximum Gasteiger partial charge on any atom is 0.317 e. The molecule has 1 saturated heterocycles. The van der Waals surface area contributed by atoms with Gasteiger partial charge in [-0.1, -0.05) is 41.9 Å². The van der Waals surface area contributed by atoms with E-state index in [0.29, 0.717) is 19.1 Å². The number of hydrogen-bond donors (Lipinski definition) is 1. The summed E-state index contributed by atoms with van der Waals surface area (Å²) in [5, 5.41) is 7.09. The predicted molar refractivity (Wildman–Crippen MR) is 102 cm³/mol. The topological polar surface area (TPSA) is 61.6 Å². The van der Waals surface area contributed by atoms with Gasteiger partial charge < -0.3 is 19.6 Å². The van der Waals surface area contributed by atoms with Crippen molar-refractivity contribution in [2.75, 3.05) is 27.2 Å². The van der Waals surface area contributed by atoms with Gasteiger partial charge in [0.15, 0.2) is 5.76 Å². The summed E-state index contributed by atoms with van der Waals surface area (Å²) in [4.78, 5) is 16.3. The summed E-state index contributed by atoms with van der Waals surface area (Å²) < 4.78 is 5.39. The van der Waals surface area contributed by atoms with E-state index >= 15 is 0 Å². The largest absolute Gasteiger partial charge is 0.356 e. The Kier molecular flexibility index (Phi) is 6.28. The van der Waals surface area contributed by atoms with Gasteiger partial charge in [0, 0.05) is 31.3 Å². The first-order chi connectivity index (χ1) is 12.6. The Morgan fingerprint density at radius 3 is 2.92 bits per heavy atom. The predicted octanol–water partition coefficient (Wildman–Crippen LogP) is 3.36. The highest BCUT2D eigenvalue weighted by Gasteiger charge is 2.19. The number of urea groups is 1. The first kappa shape index (κ1) is 18.5. The normalized spacial score (nSPS) is 17.8. The third kappa shape index (κ3) is 4.85. The van der Waals surface area contributed by atoms with Crippen molar-refractivity contribution >= 4 is 6.03 Å². The van der Waals surface area contributed by atoms with Crippen molar-refractivity contribution in [2.24, 2.45) is 0 Å². The molecule has 0 spiro atoms. The Balaban J connectivity index is 1.45. The quantitative estimate of drug-likeness (QED) is 0.862. The number of benzene rings is 1. The van der Waals surface area contributed by atoms with E-state index in [1.54, 1.807) is 11.9 Å². The maximum absolute atomic E-state index is 12.3. The Morgan fingerprint density at radius 2 is 2.15 bits per heavy atom. The lowest BCUT2D eigenvalue weighted by atomic mass is 10.0. The minimum atomic E-state index is -0.0762. The monoisotopic (exact) mass is 356 g/mol. The molecule has 0 bridgehead atoms. The van der Waals surface area contributed by atoms with Gasteiger partial charge in [-0.25, -0.2) is 4.79 Å². The molecule has 0 saturated carbocycles. The second kappa shape index (κ2) is 8.85. The van der Waals surface area contributed by atoms with Crippen LogP contribution in [0.5, 0.6) is 0 Å². The van der Waals surface area contributed by atoms with Crippen LogP contribution in [0.2, 0.25) is 0 Å². The smallest absolute Gasteiger partial charge is 0.317 e. The number of piperidine rings is 1. The van der Waals surface area contributed by atoms with Crippen LogP contribution in [0.4, 0.5) is 4.79 Å². The van der Waals surface area contributed by atoms with Gasteiger partial charge in [-0.2, -0.15) is 0 Å². The molecule has 1 aromatic heterocycles. The Labute approximate surface area is 155 Å². The molecule has 2 amide bonds. The molecule has 3 rings (SSSR count). The molecule has 2 aromatic rings. The summed E-state index contributed by atoms with van der Waals surface area (Å²) in [7, 11) is 3.95. The van der Waals surface area contributed by atoms with Crippen LogP contribution in [0.15, 0.2) is 40.9 Å². The van der Waals surface area contributed by atoms with Crippen molar-refractivity contribution in [2.45, 2.75) is 38.3 Å². The molecule has 0 aliphatic carbocycles. The molecule has 1 N–H and O–H groups in total. The molecule has 1 fully saturated rings. The minimum Gasteiger partial charge on any atom is -0.356 e. The number of nitrogens with one attached hydrogen (secondary N) is 1. The van der Waals surface area contributed by atoms with Crippen molar-refractivity contribution in [3.8, 4) is 11.3 Å². The van der Waals surface area contributed by atoms with Crippen LogP contribution in [0, 0.1) is 0 Å². The summed E-state index contributed by atoms with van der Waals surface area (Å²) >= 11 is 0. The average Bonchev–Trinajstić information content (AvgIpc) is 3.12. The van der Waals surface area contributed by atoms with Crippen molar-refractivity contribution < 1.29 is 9.32 Å². The van der Waals surface area contributed by atoms with Gasteiger partial charge in [-0.15, -0.1) is 0 Å². The van der Waals surface area contributed by atoms with E-state index in [-0.39, 0.29) is 6.03 Å². The highest BCUT2D eigenvalue weighted by molar-refractivity contribution is 5.73. The summed E-state index contributed by atoms with van der Waals surface area (Å²) in [5.74, 6) is 0.717. The van der Waals surface area contributed by atoms with Gasteiger partial charge >= 0.3 is 6.03 Å². The van der Waals surface area contributed by atoms with Crippen LogP contribution in [0.3, 0.4) is 0 Å². The molecule has 6 nitrogen and oxygen atoms in total. The van der Waals surface area contributed by atoms with Gasteiger partial charge in [0.2, 0.25) is 0 Å². The Hall–Kier alpha value is -2.34. The highest BCUT2D eigenvalue weighted by atomic mass is 16.5. The van der Waals surface area contributed by atoms with Gasteiger partial charge in [-0.3, -0.25) is 0 Å². The number of hydrogen-bond acceptors (Lipinski definition) is 4. The number of likely N-dealkylation sites (tertiary alicyclic amines) is 1. The third-order valence-corrected chi connectivity index (χ3v) is 5.04. The van der Waals surface area contributed by atoms with Crippen LogP contribution in [0.25, 0.3) is 11.3 Å². The molecular formula is C20H28N4O2. The fraction of sp³-hybridized carbons (Fsp3) is 0.500. The van der Waals surface area contributed by atoms with E-state index in [1.165, 1.54) is 19.3 Å². The zero-order valence-corrected chi connectivity index (χ0v) is 15.6. The summed E-state index contributed by atoms with van der Waals surface area (Å²) in [6.45, 7) is 2.28. The summed E-state index contributed by atoms with van der Waals surface area (Å²) in [5.41, 5.74) is 1.73. The van der Waals surface area contributed by atoms with E-state index in [1.807, 2.05) is 36.4 Å². The van der Waals surface area contributed by atoms with Crippen LogP contribution in [-0.2, 0) is 6.54 Å². The number of amides is 2. The van der Waals surface area contributed by atoms with Gasteiger partial charge in [0.25, 0.3) is 0 Å². The van der Waals surface area contributed by atoms with E-state index < -0.39 is 0 Å². The van der Waals surface area contributed by atoms with Crippen molar-refractivity contribution in [1.29, 1.82) is 0 Å². The second-order valence-electron chi connectivity index (χ2n) is 7.06. The fourth-order valence-electron chi connectivity index (χ4n) is 3.43. The minimum absolute atomic E-state index is 0.0762. The molecule has 1 atom stereocenters. The van der Waals surface area contributed by atoms with Crippen molar-refractivity contribution in [1.82, 2.24) is 20.3 Å². The van der Waals surface area contributed by atoms with Gasteiger partial charge in [0.05, 0.1) is 6.54 Å². The van der Waals surface area contributed by atoms with Crippen LogP contribution in [0.1, 0.15) is 31.4 Å². The lowest BCUT2D eigenvalue weighted by Gasteiger charge is -2.32. The van der Waals surface area contributed by atoms with E-state index in [4.69, 9.17) is 4.52 Å². The third-order valence-electron chi connectivity index (χ3n) is 5.04. The fourth-order valence-corrected chi connectivity index (χ4v) is 3.43. The van der Waals surface area contributed by atoms with E-state index in [0.717, 1.165) is 30.0 Å². The molecule has 1 aliphatic rings. The zero-order valence-electron chi connectivity index (χ0n) is 15.6. The lowest BCUT2D eigenvalue weighted by molar-refractivity contribution is 0.172. The highest BCUT2D eigenvalue weighted by Crippen LogP contribution is 2.20. The van der Waals surface area contributed by atoms with Crippen molar-refractivity contribution in [3.63, 3.8) is 0 Å². The lowest BCUT2D eigenvalue weighted by Crippen LogP contribution is -2.41. The maximum atomic E-state index is 12.3. The first-order valence-electron chi connectivity index (χ1n) is 9.33. The molecule has 0 radical (unpaired) electrons. The van der Waals surface area contributed by atoms with Crippen LogP contribution >= 0.6 is 0 Å². The van der Waals surface area contributed by atoms with Crippen LogP contribution < -0.4 is 5.32 Å². The number of nitrogens with zero attached hydrogens (tertiary/aromatic N) is 3. The zero-order chi connectivity index (χ0) is 18.4. The Morgan fingerprint density at radius 1 is 1.35 bits per heavy atom. The molecule has 140 valence electrons. The van der Waals surface area contributed by atoms with E-state index in [9.17, 15) is 4.79 Å². The molecule has 6 heteroatoms. The first-order valence-corrected chi connectivity index (χ1v) is 9.33. The molecule has 1 unspecified atom stereocenters. The number of rotatable bonds is 6. The van der Waals surface area contributed by atoms with Gasteiger partial charge in [-0.05, 0) is 32.9 Å². The Bertz CT molecular complexity index is 701. The SMILES string of the molecule is CN(Cc1cc(-c2ccccc2)on1)C(=O)NCCC1CCCCN1C. The molecular weight excluding hydrogens is 328 g/mol. The van der Waals surface area contributed by atoms with Gasteiger partial charge in [0.1, 0.15) is 5.69 Å². The standard InChI is InChI=1S/C20H28N4O2/c1-23-13-7-6-10-18(23)11-12-21-20(25)24(2)15-17-14-19(26-22-17)16-8-4-3-5-9-16/h3-5,8-9,14,18H,6-7,10-13,15H2,1-2H3,(H,21,25). The molecule has 26 heavy (non-hydrogen) atoms.